The third-order valence-corrected chi connectivity index (χ3v) is 3.91. The third kappa shape index (κ3) is 2.13. The van der Waals surface area contributed by atoms with Gasteiger partial charge in [-0.25, -0.2) is 0 Å². The Kier molecular flexibility index (Phi) is 3.15. The second-order valence-electron chi connectivity index (χ2n) is 4.13. The van der Waals surface area contributed by atoms with Crippen molar-refractivity contribution in [1.29, 1.82) is 0 Å². The molecule has 1 heterocycles. The Hall–Kier alpha value is -0.450. The van der Waals surface area contributed by atoms with Crippen LogP contribution in [0.4, 0.5) is 0 Å². The van der Waals surface area contributed by atoms with Crippen molar-refractivity contribution in [3.8, 4) is 0 Å². The SMILES string of the molecule is NCC1(CNCc2cncs2)CCC1. The summed E-state index contributed by atoms with van der Waals surface area (Å²) in [6.07, 6.45) is 5.85. The Bertz CT molecular complexity index is 261. The highest BCUT2D eigenvalue weighted by molar-refractivity contribution is 7.09. The predicted octanol–water partition coefficient (Wildman–Crippen LogP) is 1.36. The van der Waals surface area contributed by atoms with Crippen molar-refractivity contribution in [3.05, 3.63) is 16.6 Å². The quantitative estimate of drug-likeness (QED) is 0.773. The van der Waals surface area contributed by atoms with Crippen LogP contribution in [0.3, 0.4) is 0 Å². The van der Waals surface area contributed by atoms with Crippen LogP contribution in [-0.2, 0) is 6.54 Å². The molecule has 0 aromatic carbocycles. The predicted molar refractivity (Wildman–Crippen MR) is 59.2 cm³/mol. The van der Waals surface area contributed by atoms with E-state index < -0.39 is 0 Å². The molecule has 0 atom stereocenters. The topological polar surface area (TPSA) is 50.9 Å². The molecule has 1 saturated carbocycles. The van der Waals surface area contributed by atoms with Crippen molar-refractivity contribution in [2.24, 2.45) is 11.1 Å². The van der Waals surface area contributed by atoms with Gasteiger partial charge in [-0.3, -0.25) is 4.98 Å². The maximum atomic E-state index is 5.78. The number of nitrogens with one attached hydrogen (secondary N) is 1. The number of aromatic nitrogens is 1. The molecule has 1 aromatic heterocycles. The molecule has 0 radical (unpaired) electrons. The fraction of sp³-hybridized carbons (Fsp3) is 0.700. The monoisotopic (exact) mass is 211 g/mol. The molecular formula is C10H17N3S. The maximum absolute atomic E-state index is 5.78. The van der Waals surface area contributed by atoms with Crippen LogP contribution in [0.1, 0.15) is 24.1 Å². The lowest BCUT2D eigenvalue weighted by atomic mass is 9.69. The zero-order valence-corrected chi connectivity index (χ0v) is 9.15. The highest BCUT2D eigenvalue weighted by Crippen LogP contribution is 2.39. The summed E-state index contributed by atoms with van der Waals surface area (Å²) < 4.78 is 0. The van der Waals surface area contributed by atoms with E-state index >= 15 is 0 Å². The maximum Gasteiger partial charge on any atom is 0.0794 e. The van der Waals surface area contributed by atoms with Crippen molar-refractivity contribution in [1.82, 2.24) is 10.3 Å². The summed E-state index contributed by atoms with van der Waals surface area (Å²) in [5, 5.41) is 3.47. The molecule has 0 spiro atoms. The molecule has 1 aliphatic rings. The van der Waals surface area contributed by atoms with Crippen LogP contribution in [-0.4, -0.2) is 18.1 Å². The fourth-order valence-corrected chi connectivity index (χ4v) is 2.47. The first kappa shape index (κ1) is 10.1. The molecule has 2 rings (SSSR count). The van der Waals surface area contributed by atoms with Gasteiger partial charge in [-0.1, -0.05) is 6.42 Å². The smallest absolute Gasteiger partial charge is 0.0794 e. The van der Waals surface area contributed by atoms with E-state index in [1.807, 2.05) is 11.7 Å². The average molecular weight is 211 g/mol. The van der Waals surface area contributed by atoms with Gasteiger partial charge in [0.05, 0.1) is 5.51 Å². The summed E-state index contributed by atoms with van der Waals surface area (Å²) in [6.45, 7) is 2.82. The summed E-state index contributed by atoms with van der Waals surface area (Å²) in [5.74, 6) is 0. The van der Waals surface area contributed by atoms with Gasteiger partial charge in [0.15, 0.2) is 0 Å². The van der Waals surface area contributed by atoms with Crippen molar-refractivity contribution in [3.63, 3.8) is 0 Å². The third-order valence-electron chi connectivity index (χ3n) is 3.13. The van der Waals surface area contributed by atoms with Gasteiger partial charge in [0, 0.05) is 24.2 Å². The molecule has 0 aliphatic heterocycles. The van der Waals surface area contributed by atoms with Crippen molar-refractivity contribution < 1.29 is 0 Å². The van der Waals surface area contributed by atoms with Crippen molar-refractivity contribution in [2.45, 2.75) is 25.8 Å². The highest BCUT2D eigenvalue weighted by atomic mass is 32.1. The Balaban J connectivity index is 1.72. The molecule has 1 fully saturated rings. The molecule has 3 nitrogen and oxygen atoms in total. The van der Waals surface area contributed by atoms with Gasteiger partial charge in [-0.2, -0.15) is 0 Å². The van der Waals surface area contributed by atoms with E-state index in [1.54, 1.807) is 11.3 Å². The molecule has 78 valence electrons. The zero-order valence-electron chi connectivity index (χ0n) is 8.33. The molecular weight excluding hydrogens is 194 g/mol. The molecule has 0 amide bonds. The molecule has 0 bridgehead atoms. The number of nitrogens with zero attached hydrogens (tertiary/aromatic N) is 1. The summed E-state index contributed by atoms with van der Waals surface area (Å²) in [7, 11) is 0. The zero-order chi connectivity index (χ0) is 9.86. The van der Waals surface area contributed by atoms with Crippen LogP contribution in [0.2, 0.25) is 0 Å². The van der Waals surface area contributed by atoms with Crippen LogP contribution in [0.25, 0.3) is 0 Å². The minimum atomic E-state index is 0.407. The van der Waals surface area contributed by atoms with Crippen LogP contribution in [0.5, 0.6) is 0 Å². The Morgan fingerprint density at radius 3 is 2.93 bits per heavy atom. The van der Waals surface area contributed by atoms with Gasteiger partial charge in [-0.05, 0) is 24.8 Å². The second kappa shape index (κ2) is 4.38. The molecule has 1 aliphatic carbocycles. The molecule has 14 heavy (non-hydrogen) atoms. The van der Waals surface area contributed by atoms with Gasteiger partial charge in [0.2, 0.25) is 0 Å². The summed E-state index contributed by atoms with van der Waals surface area (Å²) >= 11 is 1.70. The number of rotatable bonds is 5. The molecule has 0 saturated heterocycles. The van der Waals surface area contributed by atoms with Crippen LogP contribution < -0.4 is 11.1 Å². The Morgan fingerprint density at radius 1 is 1.57 bits per heavy atom. The molecule has 0 unspecified atom stereocenters. The first-order valence-electron chi connectivity index (χ1n) is 5.13. The van der Waals surface area contributed by atoms with Gasteiger partial charge in [0.25, 0.3) is 0 Å². The summed E-state index contributed by atoms with van der Waals surface area (Å²) in [4.78, 5) is 5.35. The molecule has 1 aromatic rings. The van der Waals surface area contributed by atoms with Gasteiger partial charge < -0.3 is 11.1 Å². The van der Waals surface area contributed by atoms with E-state index in [0.29, 0.717) is 5.41 Å². The molecule has 3 N–H and O–H groups in total. The first-order chi connectivity index (χ1) is 6.85. The van der Waals surface area contributed by atoms with E-state index in [9.17, 15) is 0 Å². The van der Waals surface area contributed by atoms with Crippen LogP contribution in [0, 0.1) is 5.41 Å². The van der Waals surface area contributed by atoms with Crippen molar-refractivity contribution in [2.75, 3.05) is 13.1 Å². The second-order valence-corrected chi connectivity index (χ2v) is 5.10. The fourth-order valence-electron chi connectivity index (χ4n) is 1.91. The largest absolute Gasteiger partial charge is 0.330 e. The van der Waals surface area contributed by atoms with E-state index in [1.165, 1.54) is 24.1 Å². The van der Waals surface area contributed by atoms with E-state index in [4.69, 9.17) is 5.73 Å². The summed E-state index contributed by atoms with van der Waals surface area (Å²) in [6, 6.07) is 0. The van der Waals surface area contributed by atoms with Crippen LogP contribution >= 0.6 is 11.3 Å². The van der Waals surface area contributed by atoms with Gasteiger partial charge in [-0.15, -0.1) is 11.3 Å². The lowest BCUT2D eigenvalue weighted by Gasteiger charge is -2.41. The standard InChI is InChI=1S/C10H17N3S/c11-6-10(2-1-3-10)7-12-4-9-5-13-8-14-9/h5,8,12H,1-4,6-7,11H2. The van der Waals surface area contributed by atoms with Gasteiger partial charge >= 0.3 is 0 Å². The number of hydrogen-bond acceptors (Lipinski definition) is 4. The average Bonchev–Trinajstić information content (AvgIpc) is 2.62. The number of thiazole rings is 1. The van der Waals surface area contributed by atoms with E-state index in [0.717, 1.165) is 19.6 Å². The first-order valence-corrected chi connectivity index (χ1v) is 6.01. The Labute approximate surface area is 88.7 Å². The van der Waals surface area contributed by atoms with E-state index in [2.05, 4.69) is 10.3 Å². The van der Waals surface area contributed by atoms with E-state index in [-0.39, 0.29) is 0 Å². The van der Waals surface area contributed by atoms with Gasteiger partial charge in [0.1, 0.15) is 0 Å². The highest BCUT2D eigenvalue weighted by Gasteiger charge is 2.34. The lowest BCUT2D eigenvalue weighted by Crippen LogP contribution is -2.45. The Morgan fingerprint density at radius 2 is 2.43 bits per heavy atom. The summed E-state index contributed by atoms with van der Waals surface area (Å²) in [5.41, 5.74) is 8.06. The minimum Gasteiger partial charge on any atom is -0.330 e. The van der Waals surface area contributed by atoms with Crippen LogP contribution in [0.15, 0.2) is 11.7 Å². The minimum absolute atomic E-state index is 0.407. The van der Waals surface area contributed by atoms with Crippen molar-refractivity contribution >= 4 is 11.3 Å². The molecule has 4 heteroatoms. The normalized spacial score (nSPS) is 19.2. The number of hydrogen-bond donors (Lipinski definition) is 2. The number of nitrogens with two attached hydrogens (primary N) is 1. The lowest BCUT2D eigenvalue weighted by molar-refractivity contribution is 0.141.